The van der Waals surface area contributed by atoms with E-state index in [1.54, 1.807) is 18.2 Å². The molecule has 0 saturated carbocycles. The zero-order valence-corrected chi connectivity index (χ0v) is 18.5. The van der Waals surface area contributed by atoms with Crippen LogP contribution in [0.25, 0.3) is 21.3 Å². The van der Waals surface area contributed by atoms with Crippen molar-refractivity contribution in [3.8, 4) is 0 Å². The Morgan fingerprint density at radius 1 is 1.12 bits per heavy atom. The molecule has 5 aromatic rings. The summed E-state index contributed by atoms with van der Waals surface area (Å²) in [6.45, 7) is 1.93. The van der Waals surface area contributed by atoms with E-state index in [1.165, 1.54) is 40.2 Å². The van der Waals surface area contributed by atoms with Crippen LogP contribution >= 0.6 is 11.3 Å². The summed E-state index contributed by atoms with van der Waals surface area (Å²) < 4.78 is 55.8. The third kappa shape index (κ3) is 4.24. The van der Waals surface area contributed by atoms with E-state index in [-0.39, 0.29) is 23.3 Å². The fourth-order valence-electron chi connectivity index (χ4n) is 3.78. The molecule has 5 rings (SSSR count). The molecule has 5 nitrogen and oxygen atoms in total. The number of carbonyl (C=O) groups is 1. The van der Waals surface area contributed by atoms with Gasteiger partial charge in [-0.05, 0) is 55.0 Å². The van der Waals surface area contributed by atoms with Crippen LogP contribution in [0.3, 0.4) is 0 Å². The molecule has 3 aromatic heterocycles. The Bertz CT molecular complexity index is 1550. The molecule has 0 aliphatic heterocycles. The fraction of sp³-hybridized carbons (Fsp3) is 0.125. The van der Waals surface area contributed by atoms with Gasteiger partial charge in [-0.1, -0.05) is 12.1 Å². The van der Waals surface area contributed by atoms with Crippen LogP contribution in [0.5, 0.6) is 0 Å². The number of carbonyl (C=O) groups excluding carboxylic acids is 1. The molecule has 0 unspecified atom stereocenters. The Kier molecular flexibility index (Phi) is 5.32. The van der Waals surface area contributed by atoms with Crippen LogP contribution in [0.1, 0.15) is 26.6 Å². The zero-order chi connectivity index (χ0) is 24.0. The number of hydrogen-bond donors (Lipinski definition) is 1. The van der Waals surface area contributed by atoms with E-state index in [0.29, 0.717) is 11.3 Å². The second-order valence-corrected chi connectivity index (χ2v) is 8.98. The van der Waals surface area contributed by atoms with Crippen molar-refractivity contribution in [2.24, 2.45) is 0 Å². The molecule has 10 heteroatoms. The van der Waals surface area contributed by atoms with E-state index in [4.69, 9.17) is 0 Å². The van der Waals surface area contributed by atoms with E-state index in [0.717, 1.165) is 27.5 Å². The third-order valence-corrected chi connectivity index (χ3v) is 6.23. The van der Waals surface area contributed by atoms with Crippen LogP contribution in [0.15, 0.2) is 60.8 Å². The lowest BCUT2D eigenvalue weighted by atomic mass is 10.2. The second-order valence-electron chi connectivity index (χ2n) is 7.75. The minimum Gasteiger partial charge on any atom is -0.321 e. The number of alkyl halides is 3. The smallest absolute Gasteiger partial charge is 0.321 e. The summed E-state index contributed by atoms with van der Waals surface area (Å²) in [6, 6.07) is 13.4. The molecule has 0 spiro atoms. The highest BCUT2D eigenvalue weighted by Gasteiger charge is 2.32. The van der Waals surface area contributed by atoms with Gasteiger partial charge in [0.05, 0.1) is 20.8 Å². The summed E-state index contributed by atoms with van der Waals surface area (Å²) in [5, 5.41) is 3.83. The highest BCUT2D eigenvalue weighted by molar-refractivity contribution is 7.18. The maximum atomic E-state index is 13.7. The van der Waals surface area contributed by atoms with Gasteiger partial charge in [-0.3, -0.25) is 4.79 Å². The molecule has 172 valence electrons. The average Bonchev–Trinajstić information content (AvgIpc) is 3.32. The molecule has 1 N–H and O–H groups in total. The molecule has 0 aliphatic carbocycles. The van der Waals surface area contributed by atoms with Crippen molar-refractivity contribution in [3.63, 3.8) is 0 Å². The first-order chi connectivity index (χ1) is 16.2. The first-order valence-electron chi connectivity index (χ1n) is 10.2. The number of nitrogens with zero attached hydrogens (tertiary/aromatic N) is 3. The summed E-state index contributed by atoms with van der Waals surface area (Å²) in [4.78, 5) is 21.6. The first kappa shape index (κ1) is 22.0. The molecule has 0 fully saturated rings. The van der Waals surface area contributed by atoms with Crippen molar-refractivity contribution >= 4 is 44.2 Å². The quantitative estimate of drug-likeness (QED) is 0.300. The van der Waals surface area contributed by atoms with Gasteiger partial charge >= 0.3 is 6.18 Å². The van der Waals surface area contributed by atoms with Gasteiger partial charge < -0.3 is 9.88 Å². The highest BCUT2D eigenvalue weighted by Crippen LogP contribution is 2.32. The minimum atomic E-state index is -4.57. The largest absolute Gasteiger partial charge is 0.417 e. The maximum Gasteiger partial charge on any atom is 0.417 e. The Morgan fingerprint density at radius 2 is 1.94 bits per heavy atom. The van der Waals surface area contributed by atoms with Gasteiger partial charge in [0.1, 0.15) is 17.2 Å². The number of aromatic nitrogens is 3. The summed E-state index contributed by atoms with van der Waals surface area (Å²) in [5.41, 5.74) is 1.13. The average molecular weight is 484 g/mol. The topological polar surface area (TPSA) is 59.8 Å². The van der Waals surface area contributed by atoms with Gasteiger partial charge in [0.25, 0.3) is 5.91 Å². The zero-order valence-electron chi connectivity index (χ0n) is 17.7. The number of aryl methyl sites for hydroxylation is 1. The van der Waals surface area contributed by atoms with Gasteiger partial charge in [0, 0.05) is 23.8 Å². The van der Waals surface area contributed by atoms with E-state index >= 15 is 0 Å². The Balaban J connectivity index is 1.57. The number of pyridine rings is 1. The molecule has 2 aromatic carbocycles. The number of fused-ring (bicyclic) bond motifs is 2. The van der Waals surface area contributed by atoms with Crippen LogP contribution in [-0.2, 0) is 12.7 Å². The van der Waals surface area contributed by atoms with Crippen LogP contribution in [0.2, 0.25) is 0 Å². The Labute approximate surface area is 194 Å². The summed E-state index contributed by atoms with van der Waals surface area (Å²) in [7, 11) is 0. The highest BCUT2D eigenvalue weighted by atomic mass is 32.1. The minimum absolute atomic E-state index is 0.0483. The molecule has 0 aliphatic rings. The molecule has 0 saturated heterocycles. The Morgan fingerprint density at radius 3 is 2.71 bits per heavy atom. The number of anilines is 1. The van der Waals surface area contributed by atoms with E-state index < -0.39 is 23.5 Å². The third-order valence-electron chi connectivity index (χ3n) is 5.28. The number of nitrogens with one attached hydrogen (secondary N) is 1. The number of halogens is 4. The molecule has 0 atom stereocenters. The number of amides is 1. The van der Waals surface area contributed by atoms with Gasteiger partial charge in [-0.15, -0.1) is 11.3 Å². The van der Waals surface area contributed by atoms with Crippen molar-refractivity contribution in [1.82, 2.24) is 14.5 Å². The normalized spacial score (nSPS) is 11.9. The SMILES string of the molecule is Cc1nc2cc(NC(=O)c3cc4cc(C(F)(F)F)cnc4n3Cc3cccc(F)c3)ccc2s1. The summed E-state index contributed by atoms with van der Waals surface area (Å²) >= 11 is 1.53. The summed E-state index contributed by atoms with van der Waals surface area (Å²) in [6.07, 6.45) is -3.85. The molecule has 3 heterocycles. The standard InChI is InChI=1S/C24H16F4N4OS/c1-13-30-19-10-18(5-6-21(19)34-13)31-23(33)20-9-15-8-16(24(26,27)28)11-29-22(15)32(20)12-14-3-2-4-17(25)7-14/h2-11H,12H2,1H3,(H,31,33). The lowest BCUT2D eigenvalue weighted by Crippen LogP contribution is -2.17. The monoisotopic (exact) mass is 484 g/mol. The van der Waals surface area contributed by atoms with Crippen LogP contribution in [0.4, 0.5) is 23.2 Å². The summed E-state index contributed by atoms with van der Waals surface area (Å²) in [5.74, 6) is -0.992. The van der Waals surface area contributed by atoms with E-state index in [2.05, 4.69) is 15.3 Å². The van der Waals surface area contributed by atoms with Crippen molar-refractivity contribution in [3.05, 3.63) is 88.4 Å². The van der Waals surface area contributed by atoms with Crippen molar-refractivity contribution in [2.45, 2.75) is 19.6 Å². The fourth-order valence-corrected chi connectivity index (χ4v) is 4.59. The number of benzene rings is 2. The predicted molar refractivity (Wildman–Crippen MR) is 123 cm³/mol. The molecule has 34 heavy (non-hydrogen) atoms. The Hall–Kier alpha value is -3.79. The number of rotatable bonds is 4. The first-order valence-corrected chi connectivity index (χ1v) is 11.0. The molecule has 0 bridgehead atoms. The van der Waals surface area contributed by atoms with E-state index in [1.807, 2.05) is 13.0 Å². The van der Waals surface area contributed by atoms with Crippen molar-refractivity contribution in [1.29, 1.82) is 0 Å². The van der Waals surface area contributed by atoms with Crippen molar-refractivity contribution in [2.75, 3.05) is 5.32 Å². The van der Waals surface area contributed by atoms with Gasteiger partial charge in [-0.25, -0.2) is 14.4 Å². The molecule has 1 amide bonds. The number of thiazole rings is 1. The second kappa shape index (κ2) is 8.21. The lowest BCUT2D eigenvalue weighted by molar-refractivity contribution is -0.137. The molecular weight excluding hydrogens is 468 g/mol. The van der Waals surface area contributed by atoms with E-state index in [9.17, 15) is 22.4 Å². The predicted octanol–water partition coefficient (Wildman–Crippen LogP) is 6.41. The van der Waals surface area contributed by atoms with Crippen LogP contribution < -0.4 is 5.32 Å². The molecular formula is C24H16F4N4OS. The lowest BCUT2D eigenvalue weighted by Gasteiger charge is -2.12. The van der Waals surface area contributed by atoms with Gasteiger partial charge in [0.15, 0.2) is 0 Å². The molecule has 0 radical (unpaired) electrons. The van der Waals surface area contributed by atoms with Gasteiger partial charge in [0.2, 0.25) is 0 Å². The van der Waals surface area contributed by atoms with Crippen LogP contribution in [-0.4, -0.2) is 20.4 Å². The van der Waals surface area contributed by atoms with Crippen LogP contribution in [0, 0.1) is 12.7 Å². The van der Waals surface area contributed by atoms with Crippen molar-refractivity contribution < 1.29 is 22.4 Å². The number of hydrogen-bond acceptors (Lipinski definition) is 4. The maximum absolute atomic E-state index is 13.7. The van der Waals surface area contributed by atoms with Gasteiger partial charge in [-0.2, -0.15) is 13.2 Å².